The van der Waals surface area contributed by atoms with Gasteiger partial charge in [-0.3, -0.25) is 14.9 Å². The van der Waals surface area contributed by atoms with Crippen LogP contribution in [0.5, 0.6) is 0 Å². The lowest BCUT2D eigenvalue weighted by atomic mass is 10.1. The number of benzene rings is 1. The number of amides is 1. The Bertz CT molecular complexity index is 1560. The number of hydrogen-bond donors (Lipinski definition) is 2. The number of nitrogens with zero attached hydrogens (tertiary/aromatic N) is 5. The third kappa shape index (κ3) is 4.28. The summed E-state index contributed by atoms with van der Waals surface area (Å²) in [5.74, 6) is 1.30. The Morgan fingerprint density at radius 3 is 2.94 bits per heavy atom. The Balaban J connectivity index is 1.46. The van der Waals surface area contributed by atoms with Gasteiger partial charge in [0, 0.05) is 47.9 Å². The highest BCUT2D eigenvalue weighted by molar-refractivity contribution is 7.22. The minimum absolute atomic E-state index is 0.00661. The van der Waals surface area contributed by atoms with Crippen molar-refractivity contribution in [1.82, 2.24) is 25.1 Å². The Hall–Kier alpha value is -3.93. The average molecular weight is 502 g/mol. The molecule has 5 aromatic rings. The van der Waals surface area contributed by atoms with Crippen molar-refractivity contribution in [2.45, 2.75) is 0 Å². The summed E-state index contributed by atoms with van der Waals surface area (Å²) >= 11 is 1.64. The molecule has 0 spiro atoms. The van der Waals surface area contributed by atoms with Crippen molar-refractivity contribution in [3.63, 3.8) is 0 Å². The summed E-state index contributed by atoms with van der Waals surface area (Å²) in [6.07, 6.45) is 5.30. The monoisotopic (exact) mass is 501 g/mol. The van der Waals surface area contributed by atoms with Crippen molar-refractivity contribution in [2.24, 2.45) is 0 Å². The van der Waals surface area contributed by atoms with Crippen molar-refractivity contribution >= 4 is 49.9 Å². The summed E-state index contributed by atoms with van der Waals surface area (Å²) < 4.78 is 11.5. The molecule has 0 unspecified atom stereocenters. The van der Waals surface area contributed by atoms with Gasteiger partial charge in [-0.25, -0.2) is 9.97 Å². The van der Waals surface area contributed by atoms with Gasteiger partial charge in [0.25, 0.3) is 0 Å². The van der Waals surface area contributed by atoms with E-state index in [2.05, 4.69) is 31.5 Å². The van der Waals surface area contributed by atoms with E-state index >= 15 is 0 Å². The van der Waals surface area contributed by atoms with Gasteiger partial charge < -0.3 is 19.7 Å². The number of carbonyl (C=O) groups excluding carboxylic acids is 1. The Morgan fingerprint density at radius 2 is 2.08 bits per heavy atom. The summed E-state index contributed by atoms with van der Waals surface area (Å²) in [6, 6.07) is 9.84. The molecule has 2 N–H and O–H groups in total. The molecule has 10 nitrogen and oxygen atoms in total. The number of ether oxygens (including phenoxy) is 2. The first-order valence-corrected chi connectivity index (χ1v) is 12.3. The number of hydrogen-bond acceptors (Lipinski definition) is 9. The van der Waals surface area contributed by atoms with Gasteiger partial charge in [0.2, 0.25) is 5.91 Å². The molecule has 1 amide bonds. The van der Waals surface area contributed by atoms with E-state index in [1.165, 1.54) is 7.11 Å². The number of morpholine rings is 1. The smallest absolute Gasteiger partial charge is 0.250 e. The predicted molar refractivity (Wildman–Crippen MR) is 139 cm³/mol. The molecule has 6 rings (SSSR count). The number of anilines is 2. The summed E-state index contributed by atoms with van der Waals surface area (Å²) in [5, 5.41) is 10.9. The molecule has 1 aliphatic rings. The van der Waals surface area contributed by atoms with E-state index < -0.39 is 0 Å². The lowest BCUT2D eigenvalue weighted by molar-refractivity contribution is -0.119. The number of H-pyrrole nitrogens is 1. The first-order valence-electron chi connectivity index (χ1n) is 11.5. The van der Waals surface area contributed by atoms with Gasteiger partial charge in [-0.2, -0.15) is 5.10 Å². The summed E-state index contributed by atoms with van der Waals surface area (Å²) in [5.41, 5.74) is 4.22. The molecular weight excluding hydrogens is 478 g/mol. The van der Waals surface area contributed by atoms with Crippen molar-refractivity contribution in [3.8, 4) is 21.8 Å². The van der Waals surface area contributed by atoms with Crippen molar-refractivity contribution < 1.29 is 14.3 Å². The second kappa shape index (κ2) is 9.61. The van der Waals surface area contributed by atoms with E-state index in [1.54, 1.807) is 29.9 Å². The number of methoxy groups -OCH3 is 1. The summed E-state index contributed by atoms with van der Waals surface area (Å²) in [7, 11) is 1.50. The molecule has 1 fully saturated rings. The van der Waals surface area contributed by atoms with E-state index in [-0.39, 0.29) is 12.5 Å². The zero-order valence-electron chi connectivity index (χ0n) is 19.5. The standard InChI is InChI=1S/C25H23N7O3S/c1-34-14-22(33)28-16-4-2-3-15(9-16)21-10-19-23(36-21)25(32-5-7-35-8-6-32)30-24(29-19)18-11-26-13-20-17(18)12-27-31-20/h2-4,9-13H,5-8,14H2,1H3,(H,27,31)(H,28,33). The van der Waals surface area contributed by atoms with E-state index in [4.69, 9.17) is 19.4 Å². The van der Waals surface area contributed by atoms with Crippen LogP contribution in [-0.4, -0.2) is 71.1 Å². The van der Waals surface area contributed by atoms with Gasteiger partial charge in [-0.1, -0.05) is 12.1 Å². The van der Waals surface area contributed by atoms with Crippen LogP contribution in [0, 0.1) is 0 Å². The van der Waals surface area contributed by atoms with Crippen molar-refractivity contribution in [3.05, 3.63) is 48.9 Å². The number of aromatic amines is 1. The van der Waals surface area contributed by atoms with Gasteiger partial charge in [0.05, 0.1) is 41.3 Å². The average Bonchev–Trinajstić information content (AvgIpc) is 3.56. The Labute approximate surface area is 210 Å². The molecule has 0 bridgehead atoms. The van der Waals surface area contributed by atoms with Crippen LogP contribution in [0.4, 0.5) is 11.5 Å². The highest BCUT2D eigenvalue weighted by Gasteiger charge is 2.21. The fraction of sp³-hybridized carbons (Fsp3) is 0.240. The lowest BCUT2D eigenvalue weighted by Crippen LogP contribution is -2.36. The molecule has 11 heteroatoms. The fourth-order valence-corrected chi connectivity index (χ4v) is 5.40. The van der Waals surface area contributed by atoms with Gasteiger partial charge in [0.1, 0.15) is 6.61 Å². The van der Waals surface area contributed by atoms with Gasteiger partial charge >= 0.3 is 0 Å². The van der Waals surface area contributed by atoms with Crippen LogP contribution >= 0.6 is 11.3 Å². The number of nitrogens with one attached hydrogen (secondary N) is 2. The maximum atomic E-state index is 12.0. The predicted octanol–water partition coefficient (Wildman–Crippen LogP) is 3.72. The Kier molecular flexibility index (Phi) is 6.01. The molecular formula is C25H23N7O3S. The molecule has 4 aromatic heterocycles. The SMILES string of the molecule is COCC(=O)Nc1cccc(-c2cc3nc(-c4cncc5[nH]ncc45)nc(N4CCOCC4)c3s2)c1. The maximum Gasteiger partial charge on any atom is 0.250 e. The second-order valence-corrected chi connectivity index (χ2v) is 9.43. The number of aromatic nitrogens is 5. The summed E-state index contributed by atoms with van der Waals surface area (Å²) in [4.78, 5) is 29.6. The second-order valence-electron chi connectivity index (χ2n) is 8.38. The molecule has 0 radical (unpaired) electrons. The van der Waals surface area contributed by atoms with Crippen molar-refractivity contribution in [1.29, 1.82) is 0 Å². The van der Waals surface area contributed by atoms with E-state index in [9.17, 15) is 4.79 Å². The van der Waals surface area contributed by atoms with Crippen LogP contribution in [0.15, 0.2) is 48.9 Å². The van der Waals surface area contributed by atoms with Gasteiger partial charge in [-0.05, 0) is 23.8 Å². The third-order valence-electron chi connectivity index (χ3n) is 5.98. The molecule has 182 valence electrons. The number of pyridine rings is 1. The first kappa shape index (κ1) is 22.5. The van der Waals surface area contributed by atoms with Crippen LogP contribution in [0.3, 0.4) is 0 Å². The number of carbonyl (C=O) groups is 1. The first-order chi connectivity index (χ1) is 17.7. The highest BCUT2D eigenvalue weighted by atomic mass is 32.1. The number of thiophene rings is 1. The molecule has 5 heterocycles. The topological polar surface area (TPSA) is 118 Å². The van der Waals surface area contributed by atoms with Crippen LogP contribution < -0.4 is 10.2 Å². The largest absolute Gasteiger partial charge is 0.378 e. The molecule has 1 aromatic carbocycles. The zero-order valence-corrected chi connectivity index (χ0v) is 20.3. The number of fused-ring (bicyclic) bond motifs is 2. The van der Waals surface area contributed by atoms with E-state index in [0.717, 1.165) is 56.0 Å². The van der Waals surface area contributed by atoms with Gasteiger partial charge in [-0.15, -0.1) is 11.3 Å². The Morgan fingerprint density at radius 1 is 1.19 bits per heavy atom. The normalized spacial score (nSPS) is 14.0. The molecule has 1 saturated heterocycles. The maximum absolute atomic E-state index is 12.0. The molecule has 0 saturated carbocycles. The fourth-order valence-electron chi connectivity index (χ4n) is 4.29. The molecule has 1 aliphatic heterocycles. The van der Waals surface area contributed by atoms with Crippen LogP contribution in [0.2, 0.25) is 0 Å². The van der Waals surface area contributed by atoms with Gasteiger partial charge in [0.15, 0.2) is 11.6 Å². The minimum Gasteiger partial charge on any atom is -0.378 e. The van der Waals surface area contributed by atoms with Crippen LogP contribution in [-0.2, 0) is 14.3 Å². The van der Waals surface area contributed by atoms with Crippen LogP contribution in [0.1, 0.15) is 0 Å². The van der Waals surface area contributed by atoms with Crippen LogP contribution in [0.25, 0.3) is 42.9 Å². The quantitative estimate of drug-likeness (QED) is 0.361. The van der Waals surface area contributed by atoms with Crippen molar-refractivity contribution in [2.75, 3.05) is 50.2 Å². The van der Waals surface area contributed by atoms with E-state index in [0.29, 0.717) is 24.7 Å². The minimum atomic E-state index is -0.196. The molecule has 36 heavy (non-hydrogen) atoms. The highest BCUT2D eigenvalue weighted by Crippen LogP contribution is 2.39. The molecule has 0 atom stereocenters. The molecule has 0 aliphatic carbocycles. The third-order valence-corrected chi connectivity index (χ3v) is 7.15. The lowest BCUT2D eigenvalue weighted by Gasteiger charge is -2.28. The van der Waals surface area contributed by atoms with E-state index in [1.807, 2.05) is 24.3 Å². The number of rotatable bonds is 6. The summed E-state index contributed by atoms with van der Waals surface area (Å²) in [6.45, 7) is 2.83. The zero-order chi connectivity index (χ0) is 24.5.